The predicted molar refractivity (Wildman–Crippen MR) is 82.1 cm³/mol. The Bertz CT molecular complexity index is 326. The van der Waals surface area contributed by atoms with E-state index in [1.54, 1.807) is 4.90 Å². The molecule has 122 valence electrons. The van der Waals surface area contributed by atoms with Gasteiger partial charge in [-0.05, 0) is 32.1 Å². The molecule has 0 saturated carbocycles. The van der Waals surface area contributed by atoms with Gasteiger partial charge in [0.2, 0.25) is 5.91 Å². The topological polar surface area (TPSA) is 70.7 Å². The lowest BCUT2D eigenvalue weighted by Gasteiger charge is -2.31. The predicted octanol–water partition coefficient (Wildman–Crippen LogP) is 1.36. The zero-order chi connectivity index (χ0) is 15.7. The summed E-state index contributed by atoms with van der Waals surface area (Å²) in [5.74, 6) is 0.647. The highest BCUT2D eigenvalue weighted by molar-refractivity contribution is 5.78. The van der Waals surface area contributed by atoms with Gasteiger partial charge in [-0.3, -0.25) is 4.79 Å². The number of hydrogen-bond acceptors (Lipinski definition) is 4. The molecule has 6 heteroatoms. The molecule has 0 aromatic heterocycles. The van der Waals surface area contributed by atoms with Crippen molar-refractivity contribution in [2.75, 3.05) is 32.8 Å². The molecule has 0 unspecified atom stereocenters. The lowest BCUT2D eigenvalue weighted by molar-refractivity contribution is -0.120. The molecule has 1 saturated heterocycles. The van der Waals surface area contributed by atoms with Gasteiger partial charge in [-0.1, -0.05) is 13.8 Å². The normalized spacial score (nSPS) is 16.1. The van der Waals surface area contributed by atoms with Crippen LogP contribution in [0.5, 0.6) is 0 Å². The SMILES string of the molecule is CCOC(=O)N1CCC(NCC(=O)NCCC(C)C)CC1. The minimum atomic E-state index is -0.234. The summed E-state index contributed by atoms with van der Waals surface area (Å²) in [7, 11) is 0. The van der Waals surface area contributed by atoms with Crippen LogP contribution in [0.4, 0.5) is 4.79 Å². The van der Waals surface area contributed by atoms with Crippen LogP contribution >= 0.6 is 0 Å². The van der Waals surface area contributed by atoms with Crippen LogP contribution in [0.3, 0.4) is 0 Å². The molecule has 1 fully saturated rings. The fraction of sp³-hybridized carbons (Fsp3) is 0.867. The molecule has 0 aromatic carbocycles. The van der Waals surface area contributed by atoms with Gasteiger partial charge in [-0.15, -0.1) is 0 Å². The molecule has 1 aliphatic rings. The van der Waals surface area contributed by atoms with Crippen LogP contribution in [0.15, 0.2) is 0 Å². The Morgan fingerprint density at radius 3 is 2.52 bits per heavy atom. The Kier molecular flexibility index (Phi) is 8.12. The first-order valence-corrected chi connectivity index (χ1v) is 7.94. The van der Waals surface area contributed by atoms with E-state index in [0.29, 0.717) is 38.2 Å². The first-order chi connectivity index (χ1) is 10.0. The zero-order valence-electron chi connectivity index (χ0n) is 13.5. The van der Waals surface area contributed by atoms with E-state index in [9.17, 15) is 9.59 Å². The fourth-order valence-corrected chi connectivity index (χ4v) is 2.28. The van der Waals surface area contributed by atoms with Gasteiger partial charge in [0.15, 0.2) is 0 Å². The van der Waals surface area contributed by atoms with Crippen LogP contribution in [0.2, 0.25) is 0 Å². The molecule has 1 heterocycles. The van der Waals surface area contributed by atoms with Gasteiger partial charge in [0.1, 0.15) is 0 Å². The van der Waals surface area contributed by atoms with Crippen molar-refractivity contribution in [1.29, 1.82) is 0 Å². The van der Waals surface area contributed by atoms with Crippen LogP contribution in [0, 0.1) is 5.92 Å². The molecule has 6 nitrogen and oxygen atoms in total. The van der Waals surface area contributed by atoms with Crippen LogP contribution in [-0.2, 0) is 9.53 Å². The number of carbonyl (C=O) groups is 2. The van der Waals surface area contributed by atoms with E-state index >= 15 is 0 Å². The number of nitrogens with zero attached hydrogens (tertiary/aromatic N) is 1. The number of likely N-dealkylation sites (tertiary alicyclic amines) is 1. The molecular weight excluding hydrogens is 270 g/mol. The quantitative estimate of drug-likeness (QED) is 0.744. The molecule has 0 aliphatic carbocycles. The minimum Gasteiger partial charge on any atom is -0.450 e. The van der Waals surface area contributed by atoms with Crippen molar-refractivity contribution in [1.82, 2.24) is 15.5 Å². The first-order valence-electron chi connectivity index (χ1n) is 7.94. The Balaban J connectivity index is 2.12. The highest BCUT2D eigenvalue weighted by atomic mass is 16.6. The second-order valence-electron chi connectivity index (χ2n) is 5.87. The van der Waals surface area contributed by atoms with Crippen LogP contribution in [0.25, 0.3) is 0 Å². The number of carbonyl (C=O) groups excluding carboxylic acids is 2. The highest BCUT2D eigenvalue weighted by Crippen LogP contribution is 2.11. The molecule has 0 bridgehead atoms. The lowest BCUT2D eigenvalue weighted by Crippen LogP contribution is -2.47. The molecule has 2 N–H and O–H groups in total. The van der Waals surface area contributed by atoms with Gasteiger partial charge in [0.25, 0.3) is 0 Å². The molecule has 0 spiro atoms. The zero-order valence-corrected chi connectivity index (χ0v) is 13.5. The van der Waals surface area contributed by atoms with Gasteiger partial charge in [-0.2, -0.15) is 0 Å². The fourth-order valence-electron chi connectivity index (χ4n) is 2.28. The van der Waals surface area contributed by atoms with E-state index in [0.717, 1.165) is 25.8 Å². The third-order valence-electron chi connectivity index (χ3n) is 3.62. The summed E-state index contributed by atoms with van der Waals surface area (Å²) in [6, 6.07) is 0.298. The number of hydrogen-bond donors (Lipinski definition) is 2. The number of nitrogens with one attached hydrogen (secondary N) is 2. The lowest BCUT2D eigenvalue weighted by atomic mass is 10.1. The van der Waals surface area contributed by atoms with E-state index < -0.39 is 0 Å². The molecule has 21 heavy (non-hydrogen) atoms. The van der Waals surface area contributed by atoms with Gasteiger partial charge < -0.3 is 20.3 Å². The summed E-state index contributed by atoms with van der Waals surface area (Å²) >= 11 is 0. The van der Waals surface area contributed by atoms with E-state index in [1.807, 2.05) is 6.92 Å². The Morgan fingerprint density at radius 1 is 1.29 bits per heavy atom. The van der Waals surface area contributed by atoms with Crippen LogP contribution in [-0.4, -0.2) is 55.7 Å². The Morgan fingerprint density at radius 2 is 1.95 bits per heavy atom. The van der Waals surface area contributed by atoms with E-state index in [4.69, 9.17) is 4.74 Å². The molecule has 2 amide bonds. The summed E-state index contributed by atoms with van der Waals surface area (Å²) in [6.45, 7) is 8.96. The average Bonchev–Trinajstić information content (AvgIpc) is 2.45. The third kappa shape index (κ3) is 7.32. The molecule has 0 radical (unpaired) electrons. The molecule has 1 aliphatic heterocycles. The summed E-state index contributed by atoms with van der Waals surface area (Å²) in [5.41, 5.74) is 0. The first kappa shape index (κ1) is 17.8. The van der Waals surface area contributed by atoms with E-state index in [1.165, 1.54) is 0 Å². The van der Waals surface area contributed by atoms with Crippen molar-refractivity contribution >= 4 is 12.0 Å². The second-order valence-corrected chi connectivity index (χ2v) is 5.87. The molecule has 1 rings (SSSR count). The van der Waals surface area contributed by atoms with Crippen molar-refractivity contribution in [2.24, 2.45) is 5.92 Å². The summed E-state index contributed by atoms with van der Waals surface area (Å²) < 4.78 is 4.98. The highest BCUT2D eigenvalue weighted by Gasteiger charge is 2.23. The van der Waals surface area contributed by atoms with E-state index in [2.05, 4.69) is 24.5 Å². The molecule has 0 aromatic rings. The van der Waals surface area contributed by atoms with Gasteiger partial charge in [-0.25, -0.2) is 4.79 Å². The van der Waals surface area contributed by atoms with Crippen molar-refractivity contribution < 1.29 is 14.3 Å². The molecular formula is C15H29N3O3. The number of piperidine rings is 1. The van der Waals surface area contributed by atoms with Gasteiger partial charge in [0.05, 0.1) is 13.2 Å². The third-order valence-corrected chi connectivity index (χ3v) is 3.62. The minimum absolute atomic E-state index is 0.0449. The maximum atomic E-state index is 11.7. The Hall–Kier alpha value is -1.30. The Labute approximate surface area is 127 Å². The maximum Gasteiger partial charge on any atom is 0.409 e. The number of rotatable bonds is 7. The van der Waals surface area contributed by atoms with Gasteiger partial charge in [0, 0.05) is 25.7 Å². The van der Waals surface area contributed by atoms with Crippen molar-refractivity contribution in [3.05, 3.63) is 0 Å². The standard InChI is InChI=1S/C15H29N3O3/c1-4-21-15(20)18-9-6-13(7-10-18)17-11-14(19)16-8-5-12(2)3/h12-13,17H,4-11H2,1-3H3,(H,16,19). The monoisotopic (exact) mass is 299 g/mol. The second kappa shape index (κ2) is 9.60. The number of ether oxygens (including phenoxy) is 1. The van der Waals surface area contributed by atoms with Crippen molar-refractivity contribution in [3.8, 4) is 0 Å². The van der Waals surface area contributed by atoms with Crippen LogP contribution < -0.4 is 10.6 Å². The molecule has 0 atom stereocenters. The van der Waals surface area contributed by atoms with E-state index in [-0.39, 0.29) is 12.0 Å². The summed E-state index contributed by atoms with van der Waals surface area (Å²) in [6.07, 6.45) is 2.49. The van der Waals surface area contributed by atoms with Crippen molar-refractivity contribution in [3.63, 3.8) is 0 Å². The number of amides is 2. The summed E-state index contributed by atoms with van der Waals surface area (Å²) in [4.78, 5) is 25.0. The van der Waals surface area contributed by atoms with Crippen molar-refractivity contribution in [2.45, 2.75) is 46.1 Å². The maximum absolute atomic E-state index is 11.7. The smallest absolute Gasteiger partial charge is 0.409 e. The largest absolute Gasteiger partial charge is 0.450 e. The van der Waals surface area contributed by atoms with Crippen LogP contribution in [0.1, 0.15) is 40.0 Å². The average molecular weight is 299 g/mol. The van der Waals surface area contributed by atoms with Gasteiger partial charge >= 0.3 is 6.09 Å². The summed E-state index contributed by atoms with van der Waals surface area (Å²) in [5, 5.41) is 6.17.